The molecule has 0 spiro atoms. The highest BCUT2D eigenvalue weighted by molar-refractivity contribution is 7.91. The summed E-state index contributed by atoms with van der Waals surface area (Å²) in [6.07, 6.45) is 0.188. The van der Waals surface area contributed by atoms with Crippen LogP contribution >= 0.6 is 0 Å². The Hall–Kier alpha value is -4.75. The van der Waals surface area contributed by atoms with E-state index in [4.69, 9.17) is 14.2 Å². The summed E-state index contributed by atoms with van der Waals surface area (Å²) < 4.78 is 87.4. The van der Waals surface area contributed by atoms with E-state index in [1.807, 2.05) is 19.9 Å². The van der Waals surface area contributed by atoms with Gasteiger partial charge in [-0.05, 0) is 78.1 Å². The number of halogens is 3. The van der Waals surface area contributed by atoms with Crippen molar-refractivity contribution in [1.82, 2.24) is 35.2 Å². The summed E-state index contributed by atoms with van der Waals surface area (Å²) >= 11 is 0. The maximum atomic E-state index is 14.9. The molecule has 2 saturated carbocycles. The molecule has 0 aromatic carbocycles. The molecule has 2 aromatic rings. The number of pyridine rings is 1. The largest absolute Gasteiger partial charge is 0.481 e. The third-order valence-electron chi connectivity index (χ3n) is 11.5. The van der Waals surface area contributed by atoms with Gasteiger partial charge in [-0.1, -0.05) is 32.4 Å². The summed E-state index contributed by atoms with van der Waals surface area (Å²) in [5, 5.41) is 5.46. The average Bonchev–Trinajstić information content (AvgIpc) is 4.02. The van der Waals surface area contributed by atoms with E-state index < -0.39 is 104 Å². The second-order valence-electron chi connectivity index (χ2n) is 17.4. The monoisotopic (exact) mass is 851 g/mol. The van der Waals surface area contributed by atoms with E-state index >= 15 is 0 Å². The van der Waals surface area contributed by atoms with Gasteiger partial charge in [0.25, 0.3) is 5.91 Å². The molecule has 324 valence electrons. The summed E-state index contributed by atoms with van der Waals surface area (Å²) in [5.74, 6) is -4.45. The van der Waals surface area contributed by atoms with Gasteiger partial charge in [-0.3, -0.25) is 19.1 Å². The number of nitrogens with zero attached hydrogens (tertiary/aromatic N) is 4. The van der Waals surface area contributed by atoms with Crippen molar-refractivity contribution in [3.63, 3.8) is 0 Å². The molecule has 4 amide bonds. The standard InChI is InChI=1S/C39H52F3N7O9S/c1-8-22-15-21(2)11-9-10-12-23-18-38(23,34(52)48-59(54,55)37(6)13-14-37)47-31(50)27-16-24(20-49(27)33(51)29(22)46-35(53)58-36(3,4)5)57-32-30(39(40,41)42)44-25-17-28(56-7)43-19-26(25)45-32/h10,12,17,19,21-24,27,29H,8-9,11,13-16,18,20H2,1-7H3,(H,46,53)(H,47,50)(H,48,52)/b12-10-/t21-,22-,23-,24-,27+,29+,38-/m1/s1. The van der Waals surface area contributed by atoms with Gasteiger partial charge in [-0.15, -0.1) is 0 Å². The number of hydrogen-bond donors (Lipinski definition) is 3. The molecular formula is C39H52F3N7O9S. The molecule has 2 aliphatic carbocycles. The first-order chi connectivity index (χ1) is 27.5. The molecule has 7 atom stereocenters. The van der Waals surface area contributed by atoms with Crippen LogP contribution in [-0.4, -0.2) is 99.8 Å². The minimum Gasteiger partial charge on any atom is -0.481 e. The Labute approximate surface area is 340 Å². The molecule has 3 N–H and O–H groups in total. The third kappa shape index (κ3) is 9.51. The molecule has 2 aromatic heterocycles. The number of alkyl halides is 3. The number of allylic oxidation sites excluding steroid dienone is 1. The van der Waals surface area contributed by atoms with Crippen LogP contribution in [0.5, 0.6) is 11.8 Å². The van der Waals surface area contributed by atoms with Crippen molar-refractivity contribution in [2.75, 3.05) is 13.7 Å². The van der Waals surface area contributed by atoms with E-state index in [9.17, 15) is 40.8 Å². The van der Waals surface area contributed by atoms with Gasteiger partial charge in [-0.2, -0.15) is 13.2 Å². The van der Waals surface area contributed by atoms with Crippen molar-refractivity contribution in [3.8, 4) is 11.8 Å². The predicted molar refractivity (Wildman–Crippen MR) is 206 cm³/mol. The lowest BCUT2D eigenvalue weighted by Gasteiger charge is -2.34. The number of carbonyl (C=O) groups is 4. The van der Waals surface area contributed by atoms with Crippen molar-refractivity contribution < 1.29 is 55.0 Å². The average molecular weight is 852 g/mol. The number of hydrogen-bond acceptors (Lipinski definition) is 12. The van der Waals surface area contributed by atoms with Gasteiger partial charge in [-0.25, -0.2) is 28.2 Å². The molecule has 3 fully saturated rings. The fourth-order valence-electron chi connectivity index (χ4n) is 7.71. The van der Waals surface area contributed by atoms with Crippen molar-refractivity contribution in [2.24, 2.45) is 17.8 Å². The molecule has 4 aliphatic rings. The number of fused-ring (bicyclic) bond motifs is 3. The van der Waals surface area contributed by atoms with Crippen LogP contribution < -0.4 is 24.8 Å². The lowest BCUT2D eigenvalue weighted by molar-refractivity contribution is -0.143. The summed E-state index contributed by atoms with van der Waals surface area (Å²) in [5.41, 5.74) is -4.31. The first-order valence-corrected chi connectivity index (χ1v) is 21.3. The molecule has 20 heteroatoms. The number of sulfonamides is 1. The lowest BCUT2D eigenvalue weighted by Crippen LogP contribution is -2.59. The number of carbonyl (C=O) groups excluding carboxylic acids is 4. The summed E-state index contributed by atoms with van der Waals surface area (Å²) in [6.45, 7) is 9.93. The molecule has 0 unspecified atom stereocenters. The highest BCUT2D eigenvalue weighted by atomic mass is 32.2. The number of rotatable bonds is 8. The van der Waals surface area contributed by atoms with Crippen LogP contribution in [0.15, 0.2) is 24.4 Å². The second-order valence-corrected chi connectivity index (χ2v) is 19.6. The molecule has 6 rings (SSSR count). The van der Waals surface area contributed by atoms with E-state index in [0.29, 0.717) is 38.5 Å². The first kappa shape index (κ1) is 43.8. The van der Waals surface area contributed by atoms with Gasteiger partial charge >= 0.3 is 12.3 Å². The van der Waals surface area contributed by atoms with Gasteiger partial charge in [0.1, 0.15) is 34.8 Å². The van der Waals surface area contributed by atoms with E-state index in [-0.39, 0.29) is 35.7 Å². The molecule has 4 heterocycles. The molecule has 0 radical (unpaired) electrons. The SMILES string of the molecule is CC[C@@H]1C[C@H](C)CC/C=C\[C@@H]2C[C@@]2(C(=O)NS(=O)(=O)C2(C)CC2)NC(=O)[C@@H]2C[C@@H](Oc3nc4cnc(OC)cc4nc3C(F)(F)F)CN2C(=O)[C@H]1NC(=O)OC(C)(C)C. The van der Waals surface area contributed by atoms with E-state index in [0.717, 1.165) is 11.1 Å². The van der Waals surface area contributed by atoms with Crippen molar-refractivity contribution >= 4 is 44.9 Å². The van der Waals surface area contributed by atoms with E-state index in [1.54, 1.807) is 26.8 Å². The number of methoxy groups -OCH3 is 1. The maximum Gasteiger partial charge on any atom is 0.438 e. The smallest absolute Gasteiger partial charge is 0.438 e. The lowest BCUT2D eigenvalue weighted by atomic mass is 9.85. The van der Waals surface area contributed by atoms with Crippen LogP contribution in [0.3, 0.4) is 0 Å². The number of amides is 4. The zero-order valence-electron chi connectivity index (χ0n) is 34.1. The Morgan fingerprint density at radius 2 is 1.81 bits per heavy atom. The Morgan fingerprint density at radius 1 is 1.10 bits per heavy atom. The fourth-order valence-corrected chi connectivity index (χ4v) is 9.02. The summed E-state index contributed by atoms with van der Waals surface area (Å²) in [6, 6.07) is -1.51. The zero-order valence-corrected chi connectivity index (χ0v) is 35.0. The third-order valence-corrected chi connectivity index (χ3v) is 13.7. The van der Waals surface area contributed by atoms with E-state index in [2.05, 4.69) is 30.3 Å². The van der Waals surface area contributed by atoms with Crippen LogP contribution in [0.25, 0.3) is 11.0 Å². The van der Waals surface area contributed by atoms with Gasteiger partial charge < -0.3 is 29.7 Å². The van der Waals surface area contributed by atoms with Crippen molar-refractivity contribution in [3.05, 3.63) is 30.1 Å². The zero-order chi connectivity index (χ0) is 43.3. The van der Waals surface area contributed by atoms with Crippen molar-refractivity contribution in [2.45, 2.75) is 133 Å². The normalized spacial score (nSPS) is 29.2. The van der Waals surface area contributed by atoms with Gasteiger partial charge in [0.15, 0.2) is 0 Å². The molecular weight excluding hydrogens is 800 g/mol. The number of ether oxygens (including phenoxy) is 3. The molecule has 16 nitrogen and oxygen atoms in total. The van der Waals surface area contributed by atoms with Crippen LogP contribution in [-0.2, 0) is 35.3 Å². The van der Waals surface area contributed by atoms with Crippen LogP contribution in [0.1, 0.15) is 98.6 Å². The Balaban J connectivity index is 1.39. The summed E-state index contributed by atoms with van der Waals surface area (Å²) in [4.78, 5) is 69.6. The molecule has 59 heavy (non-hydrogen) atoms. The minimum atomic E-state index is -5.04. The van der Waals surface area contributed by atoms with E-state index in [1.165, 1.54) is 20.1 Å². The highest BCUT2D eigenvalue weighted by Gasteiger charge is 2.63. The predicted octanol–water partition coefficient (Wildman–Crippen LogP) is 4.57. The highest BCUT2D eigenvalue weighted by Crippen LogP contribution is 2.48. The van der Waals surface area contributed by atoms with Crippen molar-refractivity contribution in [1.29, 1.82) is 0 Å². The number of aromatic nitrogens is 3. The van der Waals surface area contributed by atoms with Crippen LogP contribution in [0, 0.1) is 17.8 Å². The van der Waals surface area contributed by atoms with Gasteiger partial charge in [0.05, 0.1) is 30.1 Å². The Bertz CT molecular complexity index is 2130. The Morgan fingerprint density at radius 3 is 2.44 bits per heavy atom. The minimum absolute atomic E-state index is 0.00638. The molecule has 1 saturated heterocycles. The topological polar surface area (TPSA) is 208 Å². The van der Waals surface area contributed by atoms with Gasteiger partial charge in [0, 0.05) is 18.4 Å². The van der Waals surface area contributed by atoms with Crippen LogP contribution in [0.2, 0.25) is 0 Å². The molecule has 0 bridgehead atoms. The fraction of sp³-hybridized carbons (Fsp3) is 0.667. The first-order valence-electron chi connectivity index (χ1n) is 19.8. The second kappa shape index (κ2) is 16.0. The Kier molecular flexibility index (Phi) is 11.9. The number of alkyl carbamates (subject to hydrolysis) is 1. The number of nitrogens with one attached hydrogen (secondary N) is 3. The van der Waals surface area contributed by atoms with Gasteiger partial charge in [0.2, 0.25) is 39.3 Å². The quantitative estimate of drug-likeness (QED) is 0.312. The maximum absolute atomic E-state index is 14.9. The molecule has 2 aliphatic heterocycles. The summed E-state index contributed by atoms with van der Waals surface area (Å²) in [7, 11) is -2.82. The van der Waals surface area contributed by atoms with Crippen LogP contribution in [0.4, 0.5) is 18.0 Å².